The van der Waals surface area contributed by atoms with Crippen LogP contribution in [0.15, 0.2) is 39.5 Å². The molecular formula is C11H7Br2ClN2O. The van der Waals surface area contributed by atoms with Crippen molar-refractivity contribution in [2.24, 2.45) is 0 Å². The van der Waals surface area contributed by atoms with Gasteiger partial charge in [-0.15, -0.1) is 0 Å². The number of nitrogens with zero attached hydrogens (tertiary/aromatic N) is 1. The van der Waals surface area contributed by atoms with Gasteiger partial charge in [-0.05, 0) is 44.0 Å². The smallest absolute Gasteiger partial charge is 0.147 e. The predicted molar refractivity (Wildman–Crippen MR) is 75.6 cm³/mol. The summed E-state index contributed by atoms with van der Waals surface area (Å²) in [5.41, 5.74) is 6.37. The largest absolute Gasteiger partial charge is 0.454 e. The first-order chi connectivity index (χ1) is 8.08. The molecule has 1 aromatic heterocycles. The molecule has 2 rings (SSSR count). The van der Waals surface area contributed by atoms with Gasteiger partial charge in [0.1, 0.15) is 11.5 Å². The zero-order valence-electron chi connectivity index (χ0n) is 8.45. The topological polar surface area (TPSA) is 48.1 Å². The number of anilines is 1. The lowest BCUT2D eigenvalue weighted by atomic mass is 10.3. The fourth-order valence-electron chi connectivity index (χ4n) is 1.20. The second kappa shape index (κ2) is 5.25. The Kier molecular flexibility index (Phi) is 3.91. The monoisotopic (exact) mass is 376 g/mol. The lowest BCUT2D eigenvalue weighted by Gasteiger charge is -2.10. The summed E-state index contributed by atoms with van der Waals surface area (Å²) in [5, 5.41) is 0.521. The number of nitrogen functional groups attached to an aromatic ring is 1. The Morgan fingerprint density at radius 3 is 2.65 bits per heavy atom. The van der Waals surface area contributed by atoms with E-state index in [9.17, 15) is 0 Å². The van der Waals surface area contributed by atoms with Crippen molar-refractivity contribution in [2.45, 2.75) is 0 Å². The molecule has 2 N–H and O–H groups in total. The summed E-state index contributed by atoms with van der Waals surface area (Å²) in [7, 11) is 0. The minimum atomic E-state index is 0.521. The molecule has 0 saturated carbocycles. The molecule has 0 amide bonds. The van der Waals surface area contributed by atoms with Gasteiger partial charge in [-0.25, -0.2) is 0 Å². The number of hydrogen-bond donors (Lipinski definition) is 1. The van der Waals surface area contributed by atoms with Crippen LogP contribution < -0.4 is 10.5 Å². The minimum absolute atomic E-state index is 0.521. The molecule has 0 atom stereocenters. The number of pyridine rings is 1. The summed E-state index contributed by atoms with van der Waals surface area (Å²) in [6.07, 6.45) is 3.13. The third-order valence-corrected chi connectivity index (χ3v) is 4.36. The predicted octanol–water partition coefficient (Wildman–Crippen LogP) is 4.63. The number of benzene rings is 1. The summed E-state index contributed by atoms with van der Waals surface area (Å²) in [6, 6.07) is 5.21. The van der Waals surface area contributed by atoms with E-state index in [1.807, 2.05) is 0 Å². The average Bonchev–Trinajstić information content (AvgIpc) is 2.30. The highest BCUT2D eigenvalue weighted by Crippen LogP contribution is 2.38. The Balaban J connectivity index is 2.34. The Morgan fingerprint density at radius 2 is 1.94 bits per heavy atom. The molecule has 6 heteroatoms. The molecule has 0 unspecified atom stereocenters. The Labute approximate surface area is 120 Å². The quantitative estimate of drug-likeness (QED) is 0.775. The van der Waals surface area contributed by atoms with Crippen LogP contribution in [0.4, 0.5) is 5.69 Å². The van der Waals surface area contributed by atoms with Crippen molar-refractivity contribution in [1.29, 1.82) is 0 Å². The van der Waals surface area contributed by atoms with E-state index in [2.05, 4.69) is 36.8 Å². The van der Waals surface area contributed by atoms with Crippen molar-refractivity contribution < 1.29 is 4.74 Å². The molecule has 2 aromatic rings. The van der Waals surface area contributed by atoms with Crippen molar-refractivity contribution in [3.05, 3.63) is 44.6 Å². The van der Waals surface area contributed by atoms with Crippen LogP contribution in [0.1, 0.15) is 0 Å². The lowest BCUT2D eigenvalue weighted by Crippen LogP contribution is -1.91. The van der Waals surface area contributed by atoms with Gasteiger partial charge in [0, 0.05) is 18.0 Å². The molecular weight excluding hydrogens is 371 g/mol. The van der Waals surface area contributed by atoms with Gasteiger partial charge in [0.15, 0.2) is 0 Å². The van der Waals surface area contributed by atoms with Crippen LogP contribution in [0.25, 0.3) is 0 Å². The molecule has 88 valence electrons. The Hall–Kier alpha value is -0.780. The number of nitrogens with two attached hydrogens (primary N) is 1. The molecule has 1 aromatic carbocycles. The van der Waals surface area contributed by atoms with Gasteiger partial charge in [-0.1, -0.05) is 11.6 Å². The summed E-state index contributed by atoms with van der Waals surface area (Å²) in [4.78, 5) is 3.94. The van der Waals surface area contributed by atoms with Crippen LogP contribution in [-0.4, -0.2) is 4.98 Å². The van der Waals surface area contributed by atoms with E-state index in [-0.39, 0.29) is 0 Å². The van der Waals surface area contributed by atoms with Crippen molar-refractivity contribution in [3.8, 4) is 11.5 Å². The number of halogens is 3. The number of hydrogen-bond acceptors (Lipinski definition) is 3. The van der Waals surface area contributed by atoms with Crippen molar-refractivity contribution >= 4 is 49.1 Å². The fraction of sp³-hybridized carbons (Fsp3) is 0. The van der Waals surface area contributed by atoms with Gasteiger partial charge >= 0.3 is 0 Å². The molecule has 3 nitrogen and oxygen atoms in total. The molecule has 17 heavy (non-hydrogen) atoms. The van der Waals surface area contributed by atoms with E-state index >= 15 is 0 Å². The molecule has 0 saturated heterocycles. The van der Waals surface area contributed by atoms with Gasteiger partial charge in [-0.3, -0.25) is 4.98 Å². The first kappa shape index (κ1) is 12.7. The number of ether oxygens (including phenoxy) is 1. The van der Waals surface area contributed by atoms with E-state index in [1.54, 1.807) is 30.6 Å². The van der Waals surface area contributed by atoms with E-state index in [0.29, 0.717) is 22.2 Å². The first-order valence-corrected chi connectivity index (χ1v) is 6.56. The average molecular weight is 378 g/mol. The minimum Gasteiger partial charge on any atom is -0.454 e. The molecule has 0 aliphatic rings. The van der Waals surface area contributed by atoms with Crippen molar-refractivity contribution in [1.82, 2.24) is 4.98 Å². The summed E-state index contributed by atoms with van der Waals surface area (Å²) in [5.74, 6) is 1.20. The highest BCUT2D eigenvalue weighted by molar-refractivity contribution is 9.13. The van der Waals surface area contributed by atoms with Crippen molar-refractivity contribution in [3.63, 3.8) is 0 Å². The van der Waals surface area contributed by atoms with Gasteiger partial charge in [0.05, 0.1) is 20.2 Å². The van der Waals surface area contributed by atoms with Crippen molar-refractivity contribution in [2.75, 3.05) is 5.73 Å². The van der Waals surface area contributed by atoms with Crippen LogP contribution in [0.2, 0.25) is 5.02 Å². The van der Waals surface area contributed by atoms with Crippen LogP contribution in [0.3, 0.4) is 0 Å². The first-order valence-electron chi connectivity index (χ1n) is 4.60. The Morgan fingerprint density at radius 1 is 1.18 bits per heavy atom. The second-order valence-electron chi connectivity index (χ2n) is 3.22. The maximum atomic E-state index is 5.82. The van der Waals surface area contributed by atoms with Crippen LogP contribution in [-0.2, 0) is 0 Å². The van der Waals surface area contributed by atoms with Gasteiger partial charge < -0.3 is 10.5 Å². The van der Waals surface area contributed by atoms with E-state index < -0.39 is 0 Å². The third-order valence-electron chi connectivity index (χ3n) is 1.98. The van der Waals surface area contributed by atoms with E-state index in [0.717, 1.165) is 8.95 Å². The summed E-state index contributed by atoms with van der Waals surface area (Å²) in [6.45, 7) is 0. The lowest BCUT2D eigenvalue weighted by molar-refractivity contribution is 0.477. The maximum Gasteiger partial charge on any atom is 0.147 e. The summed E-state index contributed by atoms with van der Waals surface area (Å²) < 4.78 is 7.15. The molecule has 0 aliphatic carbocycles. The molecule has 0 spiro atoms. The molecule has 0 radical (unpaired) electrons. The van der Waals surface area contributed by atoms with Crippen LogP contribution >= 0.6 is 43.5 Å². The van der Waals surface area contributed by atoms with E-state index in [4.69, 9.17) is 22.1 Å². The molecule has 1 heterocycles. The third kappa shape index (κ3) is 2.91. The zero-order valence-corrected chi connectivity index (χ0v) is 12.4. The standard InChI is InChI=1S/C11H7Br2ClN2O/c12-10-8(15)1-2-9(11(10)13)17-7-3-6(14)4-16-5-7/h1-5H,15H2. The molecule has 0 fully saturated rings. The molecule has 0 aliphatic heterocycles. The SMILES string of the molecule is Nc1ccc(Oc2cncc(Cl)c2)c(Br)c1Br. The maximum absolute atomic E-state index is 5.82. The summed E-state index contributed by atoms with van der Waals surface area (Å²) >= 11 is 12.6. The number of aromatic nitrogens is 1. The van der Waals surface area contributed by atoms with Crippen LogP contribution in [0, 0.1) is 0 Å². The van der Waals surface area contributed by atoms with E-state index in [1.165, 1.54) is 0 Å². The van der Waals surface area contributed by atoms with Gasteiger partial charge in [-0.2, -0.15) is 0 Å². The highest BCUT2D eigenvalue weighted by Gasteiger charge is 2.09. The molecule has 0 bridgehead atoms. The highest BCUT2D eigenvalue weighted by atomic mass is 79.9. The van der Waals surface area contributed by atoms with Gasteiger partial charge in [0.2, 0.25) is 0 Å². The number of rotatable bonds is 2. The second-order valence-corrected chi connectivity index (χ2v) is 5.24. The zero-order chi connectivity index (χ0) is 12.4. The fourth-order valence-corrected chi connectivity index (χ4v) is 2.13. The van der Waals surface area contributed by atoms with Gasteiger partial charge in [0.25, 0.3) is 0 Å². The van der Waals surface area contributed by atoms with Crippen LogP contribution in [0.5, 0.6) is 11.5 Å². The Bertz CT molecular complexity index is 563. The normalized spacial score (nSPS) is 10.3.